The van der Waals surface area contributed by atoms with E-state index in [-0.39, 0.29) is 24.9 Å². The summed E-state index contributed by atoms with van der Waals surface area (Å²) >= 11 is 0. The van der Waals surface area contributed by atoms with Gasteiger partial charge in [-0.1, -0.05) is 6.92 Å². The van der Waals surface area contributed by atoms with Crippen molar-refractivity contribution < 1.29 is 9.18 Å². The molecule has 4 heteroatoms. The quantitative estimate of drug-likeness (QED) is 0.615. The Kier molecular flexibility index (Phi) is 3.03. The zero-order valence-corrected chi connectivity index (χ0v) is 7.29. The average molecular weight is 174 g/mol. The Hall–Kier alpha value is -0.640. The van der Waals surface area contributed by atoms with Crippen molar-refractivity contribution in [2.75, 3.05) is 19.6 Å². The van der Waals surface area contributed by atoms with Gasteiger partial charge in [0.05, 0.1) is 13.1 Å². The van der Waals surface area contributed by atoms with Crippen molar-refractivity contribution in [1.82, 2.24) is 4.90 Å². The van der Waals surface area contributed by atoms with Gasteiger partial charge in [0.1, 0.15) is 6.17 Å². The van der Waals surface area contributed by atoms with Gasteiger partial charge in [-0.2, -0.15) is 0 Å². The van der Waals surface area contributed by atoms with Crippen LogP contribution in [0.3, 0.4) is 0 Å². The lowest BCUT2D eigenvalue weighted by molar-refractivity contribution is -0.132. The zero-order valence-electron chi connectivity index (χ0n) is 7.29. The Balaban J connectivity index is 2.45. The number of piperidine rings is 1. The highest BCUT2D eigenvalue weighted by Gasteiger charge is 2.27. The van der Waals surface area contributed by atoms with Crippen LogP contribution in [0.5, 0.6) is 0 Å². The summed E-state index contributed by atoms with van der Waals surface area (Å²) in [4.78, 5) is 12.6. The van der Waals surface area contributed by atoms with Crippen molar-refractivity contribution in [3.8, 4) is 0 Å². The van der Waals surface area contributed by atoms with Crippen LogP contribution in [-0.4, -0.2) is 36.6 Å². The highest BCUT2D eigenvalue weighted by atomic mass is 19.1. The third-order valence-corrected chi connectivity index (χ3v) is 2.39. The fraction of sp³-hybridized carbons (Fsp3) is 0.875. The molecule has 1 heterocycles. The Morgan fingerprint density at radius 2 is 2.42 bits per heavy atom. The fourth-order valence-electron chi connectivity index (χ4n) is 1.38. The molecule has 1 fully saturated rings. The fourth-order valence-corrected chi connectivity index (χ4v) is 1.38. The Morgan fingerprint density at radius 1 is 1.75 bits per heavy atom. The summed E-state index contributed by atoms with van der Waals surface area (Å²) in [7, 11) is 0. The largest absolute Gasteiger partial charge is 0.339 e. The molecule has 0 aromatic rings. The van der Waals surface area contributed by atoms with Gasteiger partial charge in [-0.25, -0.2) is 4.39 Å². The highest BCUT2D eigenvalue weighted by Crippen LogP contribution is 2.19. The molecular formula is C8H15FN2O. The molecule has 0 radical (unpaired) electrons. The van der Waals surface area contributed by atoms with Gasteiger partial charge in [-0.05, 0) is 12.3 Å². The van der Waals surface area contributed by atoms with Gasteiger partial charge in [0.15, 0.2) is 0 Å². The van der Waals surface area contributed by atoms with Gasteiger partial charge in [0, 0.05) is 6.54 Å². The van der Waals surface area contributed by atoms with E-state index in [4.69, 9.17) is 5.73 Å². The van der Waals surface area contributed by atoms with Crippen LogP contribution in [0.2, 0.25) is 0 Å². The standard InChI is InChI=1S/C8H15FN2O/c1-6-2-3-11(5-7(6)9)8(12)4-10/h6-7H,2-5,10H2,1H3. The number of nitrogens with two attached hydrogens (primary N) is 1. The van der Waals surface area contributed by atoms with Crippen LogP contribution < -0.4 is 5.73 Å². The number of likely N-dealkylation sites (tertiary alicyclic amines) is 1. The number of amides is 1. The minimum atomic E-state index is -0.880. The summed E-state index contributed by atoms with van der Waals surface area (Å²) in [5.74, 6) is -0.0728. The number of hydrogen-bond donors (Lipinski definition) is 1. The Labute approximate surface area is 71.7 Å². The second-order valence-corrected chi connectivity index (χ2v) is 3.33. The minimum Gasteiger partial charge on any atom is -0.339 e. The normalized spacial score (nSPS) is 30.4. The number of carbonyl (C=O) groups excluding carboxylic acids is 1. The second-order valence-electron chi connectivity index (χ2n) is 3.33. The van der Waals surface area contributed by atoms with Gasteiger partial charge >= 0.3 is 0 Å². The Bertz CT molecular complexity index is 174. The smallest absolute Gasteiger partial charge is 0.236 e. The van der Waals surface area contributed by atoms with E-state index in [1.165, 1.54) is 4.90 Å². The second kappa shape index (κ2) is 3.85. The summed E-state index contributed by atoms with van der Waals surface area (Å²) in [5.41, 5.74) is 5.17. The summed E-state index contributed by atoms with van der Waals surface area (Å²) in [5, 5.41) is 0. The molecule has 2 N–H and O–H groups in total. The van der Waals surface area contributed by atoms with Crippen molar-refractivity contribution in [2.24, 2.45) is 11.7 Å². The molecule has 70 valence electrons. The first-order valence-electron chi connectivity index (χ1n) is 4.27. The summed E-state index contributed by atoms with van der Waals surface area (Å²) < 4.78 is 13.1. The van der Waals surface area contributed by atoms with Crippen molar-refractivity contribution >= 4 is 5.91 Å². The highest BCUT2D eigenvalue weighted by molar-refractivity contribution is 5.78. The number of hydrogen-bond acceptors (Lipinski definition) is 2. The number of rotatable bonds is 1. The predicted octanol–water partition coefficient (Wildman–Crippen LogP) is 0.152. The minimum absolute atomic E-state index is 0.0128. The summed E-state index contributed by atoms with van der Waals surface area (Å²) in [6.45, 7) is 2.73. The SMILES string of the molecule is CC1CCN(C(=O)CN)CC1F. The monoisotopic (exact) mass is 174 g/mol. The molecule has 0 saturated carbocycles. The molecule has 0 aromatic carbocycles. The average Bonchev–Trinajstić information content (AvgIpc) is 2.08. The van der Waals surface area contributed by atoms with Crippen LogP contribution in [0.25, 0.3) is 0 Å². The van der Waals surface area contributed by atoms with Gasteiger partial charge in [0.25, 0.3) is 0 Å². The first-order chi connectivity index (χ1) is 5.65. The molecule has 1 saturated heterocycles. The lowest BCUT2D eigenvalue weighted by Crippen LogP contribution is -2.46. The molecular weight excluding hydrogens is 159 g/mol. The maximum atomic E-state index is 13.1. The van der Waals surface area contributed by atoms with Gasteiger partial charge < -0.3 is 10.6 Å². The number of nitrogens with zero attached hydrogens (tertiary/aromatic N) is 1. The molecule has 1 aliphatic rings. The maximum absolute atomic E-state index is 13.1. The van der Waals surface area contributed by atoms with E-state index in [0.29, 0.717) is 6.54 Å². The van der Waals surface area contributed by atoms with Gasteiger partial charge in [-0.15, -0.1) is 0 Å². The van der Waals surface area contributed by atoms with E-state index in [2.05, 4.69) is 0 Å². The molecule has 0 aliphatic carbocycles. The Morgan fingerprint density at radius 3 is 2.92 bits per heavy atom. The van der Waals surface area contributed by atoms with Crippen molar-refractivity contribution in [2.45, 2.75) is 19.5 Å². The van der Waals surface area contributed by atoms with E-state index >= 15 is 0 Å². The van der Waals surface area contributed by atoms with Crippen LogP contribution in [0.15, 0.2) is 0 Å². The van der Waals surface area contributed by atoms with Crippen LogP contribution in [0.4, 0.5) is 4.39 Å². The summed E-state index contributed by atoms with van der Waals surface area (Å²) in [6.07, 6.45) is -0.137. The van der Waals surface area contributed by atoms with Gasteiger partial charge in [-0.3, -0.25) is 4.79 Å². The van der Waals surface area contributed by atoms with Crippen molar-refractivity contribution in [3.63, 3.8) is 0 Å². The van der Waals surface area contributed by atoms with Crippen LogP contribution in [0.1, 0.15) is 13.3 Å². The number of halogens is 1. The predicted molar refractivity (Wildman–Crippen MR) is 44.3 cm³/mol. The lowest BCUT2D eigenvalue weighted by Gasteiger charge is -2.32. The molecule has 0 bridgehead atoms. The zero-order chi connectivity index (χ0) is 9.14. The molecule has 0 spiro atoms. The molecule has 1 aliphatic heterocycles. The van der Waals surface area contributed by atoms with E-state index < -0.39 is 6.17 Å². The lowest BCUT2D eigenvalue weighted by atomic mass is 9.97. The third-order valence-electron chi connectivity index (χ3n) is 2.39. The molecule has 2 atom stereocenters. The number of alkyl halides is 1. The molecule has 2 unspecified atom stereocenters. The van der Waals surface area contributed by atoms with Crippen LogP contribution in [0, 0.1) is 5.92 Å². The third kappa shape index (κ3) is 1.94. The molecule has 1 amide bonds. The van der Waals surface area contributed by atoms with Gasteiger partial charge in [0.2, 0.25) is 5.91 Å². The summed E-state index contributed by atoms with van der Waals surface area (Å²) in [6, 6.07) is 0. The first-order valence-corrected chi connectivity index (χ1v) is 4.27. The van der Waals surface area contributed by atoms with E-state index in [0.717, 1.165) is 6.42 Å². The van der Waals surface area contributed by atoms with E-state index in [1.807, 2.05) is 6.92 Å². The molecule has 0 aromatic heterocycles. The first kappa shape index (κ1) is 9.45. The molecule has 3 nitrogen and oxygen atoms in total. The topological polar surface area (TPSA) is 46.3 Å². The van der Waals surface area contributed by atoms with E-state index in [1.54, 1.807) is 0 Å². The van der Waals surface area contributed by atoms with Crippen molar-refractivity contribution in [1.29, 1.82) is 0 Å². The molecule has 12 heavy (non-hydrogen) atoms. The number of carbonyl (C=O) groups is 1. The van der Waals surface area contributed by atoms with Crippen molar-refractivity contribution in [3.05, 3.63) is 0 Å². The van der Waals surface area contributed by atoms with Crippen LogP contribution in [-0.2, 0) is 4.79 Å². The van der Waals surface area contributed by atoms with E-state index in [9.17, 15) is 9.18 Å². The molecule has 1 rings (SSSR count). The van der Waals surface area contributed by atoms with Crippen LogP contribution >= 0.6 is 0 Å². The maximum Gasteiger partial charge on any atom is 0.236 e.